The van der Waals surface area contributed by atoms with Gasteiger partial charge < -0.3 is 5.11 Å². The van der Waals surface area contributed by atoms with Crippen LogP contribution in [0, 0.1) is 17.8 Å². The first-order valence-electron chi connectivity index (χ1n) is 21.3. The van der Waals surface area contributed by atoms with Crippen molar-refractivity contribution in [3.63, 3.8) is 0 Å². The van der Waals surface area contributed by atoms with Gasteiger partial charge in [-0.3, -0.25) is 0 Å². The first-order valence-corrected chi connectivity index (χ1v) is 21.3. The predicted octanol–water partition coefficient (Wildman–Crippen LogP) is 17.0. The number of unbranched alkanes of at least 4 members (excludes halogenated alkanes) is 1. The fraction of sp³-hybridized carbons (Fsp3) is 0.720. The molecule has 51 heavy (non-hydrogen) atoms. The quantitative estimate of drug-likeness (QED) is 0.0634. The van der Waals surface area contributed by atoms with E-state index in [1.165, 1.54) is 155 Å². The molecule has 0 bridgehead atoms. The van der Waals surface area contributed by atoms with Gasteiger partial charge in [0.2, 0.25) is 0 Å². The van der Waals surface area contributed by atoms with Gasteiger partial charge in [0.05, 0.1) is 6.61 Å². The molecule has 0 saturated carbocycles. The van der Waals surface area contributed by atoms with E-state index in [9.17, 15) is 0 Å². The van der Waals surface area contributed by atoms with E-state index in [-0.39, 0.29) is 6.61 Å². The van der Waals surface area contributed by atoms with Gasteiger partial charge in [0, 0.05) is 0 Å². The van der Waals surface area contributed by atoms with Crippen LogP contribution in [0.2, 0.25) is 0 Å². The summed E-state index contributed by atoms with van der Waals surface area (Å²) in [5.41, 5.74) is 10.3. The van der Waals surface area contributed by atoms with Gasteiger partial charge in [-0.1, -0.05) is 154 Å². The Labute approximate surface area is 322 Å². The normalized spacial score (nSPS) is 14.3. The molecule has 0 amide bonds. The Morgan fingerprint density at radius 2 is 0.686 bits per heavy atom. The van der Waals surface area contributed by atoms with Crippen LogP contribution in [-0.2, 0) is 0 Å². The lowest BCUT2D eigenvalue weighted by molar-refractivity contribution is 0.341. The molecule has 0 aromatic heterocycles. The summed E-state index contributed by atoms with van der Waals surface area (Å²) < 4.78 is 0. The van der Waals surface area contributed by atoms with Gasteiger partial charge in [0.15, 0.2) is 0 Å². The smallest absolute Gasteiger partial charge is 0.0614 e. The number of hydrogen-bond donors (Lipinski definition) is 1. The number of aliphatic hydroxyl groups excluding tert-OH is 1. The average molecular weight is 707 g/mol. The fourth-order valence-electron chi connectivity index (χ4n) is 6.30. The zero-order valence-electron chi connectivity index (χ0n) is 36.9. The maximum atomic E-state index is 8.83. The van der Waals surface area contributed by atoms with Gasteiger partial charge in [0.1, 0.15) is 0 Å². The van der Waals surface area contributed by atoms with Gasteiger partial charge in [-0.05, 0) is 157 Å². The third-order valence-electron chi connectivity index (χ3n) is 9.98. The summed E-state index contributed by atoms with van der Waals surface area (Å²) in [6.45, 7) is 29.6. The summed E-state index contributed by atoms with van der Waals surface area (Å²) >= 11 is 0. The van der Waals surface area contributed by atoms with Gasteiger partial charge >= 0.3 is 0 Å². The van der Waals surface area contributed by atoms with Crippen molar-refractivity contribution in [2.75, 3.05) is 6.61 Å². The van der Waals surface area contributed by atoms with Crippen LogP contribution in [0.25, 0.3) is 0 Å². The molecule has 1 nitrogen and oxygen atoms in total. The van der Waals surface area contributed by atoms with Gasteiger partial charge in [-0.25, -0.2) is 0 Å². The predicted molar refractivity (Wildman–Crippen MR) is 236 cm³/mol. The molecule has 1 N–H and O–H groups in total. The van der Waals surface area contributed by atoms with Crippen LogP contribution in [0.15, 0.2) is 81.5 Å². The topological polar surface area (TPSA) is 20.2 Å². The SMILES string of the molecule is C/C(=C\CO)CCCC(C)CCCC(C)CCCC(C)C.CC(C)=CCC/C(C)=C/CC/C(C)=C/CC/C=C(\C)CC/C=C(\C)CCC=C(C)C. The fourth-order valence-corrected chi connectivity index (χ4v) is 6.30. The summed E-state index contributed by atoms with van der Waals surface area (Å²) in [6.07, 6.45) is 40.3. The molecule has 0 aromatic rings. The highest BCUT2D eigenvalue weighted by Gasteiger charge is 2.06. The first kappa shape index (κ1) is 51.2. The molecule has 0 spiro atoms. The second-order valence-corrected chi connectivity index (χ2v) is 17.1. The van der Waals surface area contributed by atoms with Crippen molar-refractivity contribution in [1.29, 1.82) is 0 Å². The average Bonchev–Trinajstić information content (AvgIpc) is 3.03. The summed E-state index contributed by atoms with van der Waals surface area (Å²) in [5, 5.41) is 8.83. The Morgan fingerprint density at radius 1 is 0.373 bits per heavy atom. The molecule has 0 heterocycles. The van der Waals surface area contributed by atoms with Crippen LogP contribution in [0.3, 0.4) is 0 Å². The summed E-state index contributed by atoms with van der Waals surface area (Å²) in [6, 6.07) is 0. The van der Waals surface area contributed by atoms with E-state index in [1.54, 1.807) is 0 Å². The van der Waals surface area contributed by atoms with Crippen LogP contribution >= 0.6 is 0 Å². The van der Waals surface area contributed by atoms with Gasteiger partial charge in [-0.15, -0.1) is 0 Å². The minimum Gasteiger partial charge on any atom is -0.392 e. The molecule has 0 aromatic carbocycles. The molecule has 296 valence electrons. The maximum absolute atomic E-state index is 8.83. The van der Waals surface area contributed by atoms with Crippen LogP contribution < -0.4 is 0 Å². The molecule has 0 rings (SSSR count). The Morgan fingerprint density at radius 3 is 1.04 bits per heavy atom. The number of hydrogen-bond acceptors (Lipinski definition) is 1. The van der Waals surface area contributed by atoms with E-state index in [1.807, 2.05) is 6.08 Å². The lowest BCUT2D eigenvalue weighted by Gasteiger charge is -2.15. The zero-order valence-corrected chi connectivity index (χ0v) is 36.9. The van der Waals surface area contributed by atoms with Crippen molar-refractivity contribution in [3.05, 3.63) is 81.5 Å². The van der Waals surface area contributed by atoms with E-state index in [4.69, 9.17) is 5.11 Å². The van der Waals surface area contributed by atoms with E-state index in [0.29, 0.717) is 0 Å². The second kappa shape index (κ2) is 35.2. The highest BCUT2D eigenvalue weighted by Crippen LogP contribution is 2.22. The van der Waals surface area contributed by atoms with Crippen LogP contribution in [-0.4, -0.2) is 11.7 Å². The van der Waals surface area contributed by atoms with Gasteiger partial charge in [-0.2, -0.15) is 0 Å². The standard InChI is InChI=1S/C30H50.C20H40O/c1-25(2)15-11-19-29(7)23-13-21-27(5)17-9-10-18-28(6)22-14-24-30(8)20-12-16-26(3)4;1-17(2)9-6-10-18(3)11-7-12-19(4)13-8-14-20(5)15-16-21/h15-18,23-24H,9-14,19-22H2,1-8H3;15,17-19,21H,6-14,16H2,1-5H3/b27-17+,28-18+,29-23+,30-24+;20-15+. The molecule has 0 saturated heterocycles. The van der Waals surface area contributed by atoms with Crippen molar-refractivity contribution >= 4 is 0 Å². The van der Waals surface area contributed by atoms with Crippen molar-refractivity contribution in [2.45, 2.75) is 212 Å². The molecule has 2 unspecified atom stereocenters. The largest absolute Gasteiger partial charge is 0.392 e. The summed E-state index contributed by atoms with van der Waals surface area (Å²) in [5.74, 6) is 2.63. The third-order valence-corrected chi connectivity index (χ3v) is 9.98. The summed E-state index contributed by atoms with van der Waals surface area (Å²) in [4.78, 5) is 0. The number of aliphatic hydroxyl groups is 1. The first-order chi connectivity index (χ1) is 24.2. The Balaban J connectivity index is 0. The number of allylic oxidation sites excluding steroid dienone is 13. The van der Waals surface area contributed by atoms with Gasteiger partial charge in [0.25, 0.3) is 0 Å². The molecule has 2 atom stereocenters. The van der Waals surface area contributed by atoms with Crippen LogP contribution in [0.4, 0.5) is 0 Å². The molecule has 0 aliphatic carbocycles. The molecule has 0 radical (unpaired) electrons. The van der Waals surface area contributed by atoms with Crippen LogP contribution in [0.5, 0.6) is 0 Å². The van der Waals surface area contributed by atoms with E-state index in [2.05, 4.69) is 126 Å². The van der Waals surface area contributed by atoms with E-state index >= 15 is 0 Å². The van der Waals surface area contributed by atoms with E-state index < -0.39 is 0 Å². The Bertz CT molecular complexity index is 987. The van der Waals surface area contributed by atoms with Crippen molar-refractivity contribution in [3.8, 4) is 0 Å². The third kappa shape index (κ3) is 40.8. The minimum atomic E-state index is 0.191. The van der Waals surface area contributed by atoms with Crippen molar-refractivity contribution < 1.29 is 5.11 Å². The lowest BCUT2D eigenvalue weighted by atomic mass is 9.91. The molecule has 0 aliphatic heterocycles. The number of rotatable bonds is 28. The molecular weight excluding hydrogens is 617 g/mol. The highest BCUT2D eigenvalue weighted by molar-refractivity contribution is 5.08. The highest BCUT2D eigenvalue weighted by atomic mass is 16.2. The second-order valence-electron chi connectivity index (χ2n) is 17.1. The molecular formula is C50H90O. The lowest BCUT2D eigenvalue weighted by Crippen LogP contribution is -2.00. The zero-order chi connectivity index (χ0) is 38.9. The molecule has 0 aliphatic rings. The Hall–Kier alpha value is -1.86. The van der Waals surface area contributed by atoms with Crippen molar-refractivity contribution in [1.82, 2.24) is 0 Å². The minimum absolute atomic E-state index is 0.191. The summed E-state index contributed by atoms with van der Waals surface area (Å²) in [7, 11) is 0. The maximum Gasteiger partial charge on any atom is 0.0614 e. The monoisotopic (exact) mass is 707 g/mol. The molecule has 1 heteroatoms. The molecule has 0 fully saturated rings. The van der Waals surface area contributed by atoms with Crippen molar-refractivity contribution in [2.24, 2.45) is 17.8 Å². The Kier molecular flexibility index (Phi) is 35.4. The van der Waals surface area contributed by atoms with E-state index in [0.717, 1.165) is 24.2 Å². The van der Waals surface area contributed by atoms with Crippen LogP contribution in [0.1, 0.15) is 212 Å².